The van der Waals surface area contributed by atoms with Gasteiger partial charge in [0.2, 0.25) is 5.91 Å². The van der Waals surface area contributed by atoms with Crippen molar-refractivity contribution in [1.82, 2.24) is 9.80 Å². The van der Waals surface area contributed by atoms with Gasteiger partial charge in [-0.3, -0.25) is 9.59 Å². The lowest BCUT2D eigenvalue weighted by molar-refractivity contribution is -0.138. The standard InChI is InChI=1S/C21H24N2O4/c1-14-10-18(13-26-17-6-4-3-5-7-17)27-19(14)21(25)23-11-15-8-9-16(12-23)22(2)20(15)24/h3-7,10,15-16H,8-9,11-13H2,1-2H3/t15-,16+/m0/s1. The molecule has 0 saturated carbocycles. The summed E-state index contributed by atoms with van der Waals surface area (Å²) >= 11 is 0. The van der Waals surface area contributed by atoms with E-state index in [1.807, 2.05) is 50.4 Å². The number of amides is 2. The van der Waals surface area contributed by atoms with Gasteiger partial charge in [0.1, 0.15) is 18.1 Å². The fourth-order valence-corrected chi connectivity index (χ4v) is 3.97. The second-order valence-corrected chi connectivity index (χ2v) is 7.41. The molecule has 3 fully saturated rings. The van der Waals surface area contributed by atoms with Crippen LogP contribution in [0, 0.1) is 12.8 Å². The van der Waals surface area contributed by atoms with Gasteiger partial charge >= 0.3 is 0 Å². The Balaban J connectivity index is 1.48. The van der Waals surface area contributed by atoms with Gasteiger partial charge in [0, 0.05) is 31.7 Å². The van der Waals surface area contributed by atoms with E-state index in [1.54, 1.807) is 9.80 Å². The average Bonchev–Trinajstić information content (AvgIpc) is 2.86. The molecule has 0 radical (unpaired) electrons. The Hall–Kier alpha value is -2.76. The SMILES string of the molecule is Cc1cc(COc2ccccc2)oc1C(=O)N1C[C@@H]2CC[C@H](C1)N(C)C2=O. The van der Waals surface area contributed by atoms with Crippen molar-refractivity contribution >= 4 is 11.8 Å². The number of carbonyl (C=O) groups excluding carboxylic acids is 2. The number of carbonyl (C=O) groups is 2. The molecular formula is C21H24N2O4. The van der Waals surface area contributed by atoms with Crippen molar-refractivity contribution in [3.05, 3.63) is 53.5 Å². The fourth-order valence-electron chi connectivity index (χ4n) is 3.97. The van der Waals surface area contributed by atoms with E-state index in [0.717, 1.165) is 24.2 Å². The highest BCUT2D eigenvalue weighted by Gasteiger charge is 2.41. The quantitative estimate of drug-likeness (QED) is 0.833. The molecule has 0 unspecified atom stereocenters. The molecule has 1 aromatic carbocycles. The fraction of sp³-hybridized carbons (Fsp3) is 0.429. The molecule has 142 valence electrons. The summed E-state index contributed by atoms with van der Waals surface area (Å²) in [7, 11) is 1.84. The summed E-state index contributed by atoms with van der Waals surface area (Å²) in [6.07, 6.45) is 1.80. The molecule has 2 bridgehead atoms. The molecule has 3 aliphatic heterocycles. The molecule has 2 amide bonds. The summed E-state index contributed by atoms with van der Waals surface area (Å²) in [6, 6.07) is 11.4. The maximum absolute atomic E-state index is 13.1. The number of benzene rings is 1. The maximum Gasteiger partial charge on any atom is 0.289 e. The summed E-state index contributed by atoms with van der Waals surface area (Å²) in [5.74, 6) is 1.62. The summed E-state index contributed by atoms with van der Waals surface area (Å²) in [6.45, 7) is 3.17. The van der Waals surface area contributed by atoms with Crippen molar-refractivity contribution in [2.45, 2.75) is 32.4 Å². The Morgan fingerprint density at radius 2 is 2.00 bits per heavy atom. The molecule has 3 saturated heterocycles. The molecule has 0 spiro atoms. The molecule has 2 atom stereocenters. The molecule has 5 rings (SSSR count). The first-order chi connectivity index (χ1) is 13.0. The lowest BCUT2D eigenvalue weighted by Crippen LogP contribution is -2.45. The van der Waals surface area contributed by atoms with E-state index in [-0.39, 0.29) is 30.4 Å². The highest BCUT2D eigenvalue weighted by atomic mass is 16.5. The Labute approximate surface area is 158 Å². The zero-order valence-corrected chi connectivity index (χ0v) is 15.7. The van der Waals surface area contributed by atoms with Gasteiger partial charge in [0.15, 0.2) is 5.76 Å². The largest absolute Gasteiger partial charge is 0.486 e. The van der Waals surface area contributed by atoms with Crippen LogP contribution in [0.25, 0.3) is 0 Å². The molecule has 1 aromatic heterocycles. The molecule has 0 aliphatic carbocycles. The van der Waals surface area contributed by atoms with Crippen LogP contribution in [0.3, 0.4) is 0 Å². The Kier molecular flexibility index (Phi) is 4.64. The Morgan fingerprint density at radius 1 is 1.22 bits per heavy atom. The minimum atomic E-state index is -0.140. The smallest absolute Gasteiger partial charge is 0.289 e. The third-order valence-corrected chi connectivity index (χ3v) is 5.54. The molecule has 3 aliphatic rings. The number of nitrogens with zero attached hydrogens (tertiary/aromatic N) is 2. The first-order valence-corrected chi connectivity index (χ1v) is 9.36. The second-order valence-electron chi connectivity index (χ2n) is 7.41. The van der Waals surface area contributed by atoms with Crippen LogP contribution in [0.1, 0.15) is 34.7 Å². The predicted molar refractivity (Wildman–Crippen MR) is 99.4 cm³/mol. The first kappa shape index (κ1) is 17.6. The van der Waals surface area contributed by atoms with Crippen molar-refractivity contribution in [1.29, 1.82) is 0 Å². The van der Waals surface area contributed by atoms with Crippen LogP contribution in [0.15, 0.2) is 40.8 Å². The molecule has 6 heteroatoms. The number of fused-ring (bicyclic) bond motifs is 4. The maximum atomic E-state index is 13.1. The normalized spacial score (nSPS) is 22.1. The van der Waals surface area contributed by atoms with Gasteiger partial charge in [-0.25, -0.2) is 0 Å². The van der Waals surface area contributed by atoms with Crippen molar-refractivity contribution in [3.63, 3.8) is 0 Å². The van der Waals surface area contributed by atoms with Gasteiger partial charge in [0.25, 0.3) is 5.91 Å². The number of aryl methyl sites for hydroxylation is 1. The number of hydrogen-bond acceptors (Lipinski definition) is 4. The van der Waals surface area contributed by atoms with Gasteiger partial charge in [-0.2, -0.15) is 0 Å². The van der Waals surface area contributed by atoms with Crippen LogP contribution in [0.2, 0.25) is 0 Å². The first-order valence-electron chi connectivity index (χ1n) is 9.36. The van der Waals surface area contributed by atoms with Crippen LogP contribution in [0.4, 0.5) is 0 Å². The van der Waals surface area contributed by atoms with Crippen LogP contribution in [-0.4, -0.2) is 47.8 Å². The Morgan fingerprint density at radius 3 is 2.78 bits per heavy atom. The summed E-state index contributed by atoms with van der Waals surface area (Å²) in [4.78, 5) is 29.0. The molecular weight excluding hydrogens is 344 g/mol. The lowest BCUT2D eigenvalue weighted by Gasteiger charge is -2.32. The number of hydrogen-bond donors (Lipinski definition) is 0. The van der Waals surface area contributed by atoms with E-state index in [9.17, 15) is 9.59 Å². The number of piperidine rings is 1. The summed E-state index contributed by atoms with van der Waals surface area (Å²) in [5.41, 5.74) is 0.794. The van der Waals surface area contributed by atoms with Gasteiger partial charge in [-0.05, 0) is 38.0 Å². The van der Waals surface area contributed by atoms with E-state index in [2.05, 4.69) is 0 Å². The number of likely N-dealkylation sites (N-methyl/N-ethyl adjacent to an activating group) is 1. The monoisotopic (exact) mass is 368 g/mol. The van der Waals surface area contributed by atoms with Crippen LogP contribution in [0.5, 0.6) is 5.75 Å². The number of para-hydroxylation sites is 1. The average molecular weight is 368 g/mol. The molecule has 0 N–H and O–H groups in total. The third-order valence-electron chi connectivity index (χ3n) is 5.54. The van der Waals surface area contributed by atoms with Crippen molar-refractivity contribution in [3.8, 4) is 5.75 Å². The van der Waals surface area contributed by atoms with Crippen molar-refractivity contribution in [2.75, 3.05) is 20.1 Å². The molecule has 27 heavy (non-hydrogen) atoms. The number of ether oxygens (including phenoxy) is 1. The molecule has 4 heterocycles. The van der Waals surface area contributed by atoms with Crippen LogP contribution < -0.4 is 4.74 Å². The van der Waals surface area contributed by atoms with E-state index >= 15 is 0 Å². The van der Waals surface area contributed by atoms with Gasteiger partial charge in [-0.15, -0.1) is 0 Å². The van der Waals surface area contributed by atoms with E-state index in [1.165, 1.54) is 0 Å². The lowest BCUT2D eigenvalue weighted by atomic mass is 9.95. The highest BCUT2D eigenvalue weighted by Crippen LogP contribution is 2.29. The van der Waals surface area contributed by atoms with Gasteiger partial charge in [-0.1, -0.05) is 18.2 Å². The Bertz CT molecular complexity index is 845. The molecule has 2 aromatic rings. The van der Waals surface area contributed by atoms with E-state index < -0.39 is 0 Å². The van der Waals surface area contributed by atoms with Crippen LogP contribution >= 0.6 is 0 Å². The number of furan rings is 1. The highest BCUT2D eigenvalue weighted by molar-refractivity contribution is 5.94. The zero-order chi connectivity index (χ0) is 19.0. The predicted octanol–water partition coefficient (Wildman–Crippen LogP) is 2.86. The second kappa shape index (κ2) is 7.10. The minimum Gasteiger partial charge on any atom is -0.486 e. The minimum absolute atomic E-state index is 0.0938. The summed E-state index contributed by atoms with van der Waals surface area (Å²) in [5, 5.41) is 0. The molecule has 6 nitrogen and oxygen atoms in total. The van der Waals surface area contributed by atoms with E-state index in [0.29, 0.717) is 24.6 Å². The third kappa shape index (κ3) is 3.44. The van der Waals surface area contributed by atoms with Gasteiger partial charge in [0.05, 0.1) is 5.92 Å². The van der Waals surface area contributed by atoms with E-state index in [4.69, 9.17) is 9.15 Å². The van der Waals surface area contributed by atoms with Gasteiger partial charge < -0.3 is 19.0 Å². The van der Waals surface area contributed by atoms with Crippen LogP contribution in [-0.2, 0) is 11.4 Å². The summed E-state index contributed by atoms with van der Waals surface area (Å²) < 4.78 is 11.5. The van der Waals surface area contributed by atoms with Crippen molar-refractivity contribution < 1.29 is 18.7 Å². The topological polar surface area (TPSA) is 63.0 Å². The number of rotatable bonds is 4. The van der Waals surface area contributed by atoms with Crippen molar-refractivity contribution in [2.24, 2.45) is 5.92 Å². The zero-order valence-electron chi connectivity index (χ0n) is 15.7.